The summed E-state index contributed by atoms with van der Waals surface area (Å²) in [7, 11) is 0. The number of aliphatic hydroxyl groups is 1. The van der Waals surface area contributed by atoms with E-state index in [-0.39, 0.29) is 6.54 Å². The van der Waals surface area contributed by atoms with Crippen molar-refractivity contribution >= 4 is 10.9 Å². The third kappa shape index (κ3) is 2.06. The van der Waals surface area contributed by atoms with Crippen molar-refractivity contribution in [3.63, 3.8) is 0 Å². The molecule has 3 aromatic rings. The van der Waals surface area contributed by atoms with E-state index in [1.165, 1.54) is 6.26 Å². The maximum Gasteiger partial charge on any atom is 0.328 e. The second kappa shape index (κ2) is 4.82. The number of aromatic amines is 1. The van der Waals surface area contributed by atoms with Crippen molar-refractivity contribution in [3.05, 3.63) is 69.3 Å². The molecule has 0 amide bonds. The molecule has 3 rings (SSSR count). The molecule has 1 unspecified atom stereocenters. The predicted molar refractivity (Wildman–Crippen MR) is 72.5 cm³/mol. The zero-order valence-corrected chi connectivity index (χ0v) is 10.4. The van der Waals surface area contributed by atoms with Crippen molar-refractivity contribution < 1.29 is 9.52 Å². The van der Waals surface area contributed by atoms with E-state index in [4.69, 9.17) is 4.42 Å². The van der Waals surface area contributed by atoms with Crippen LogP contribution in [0.4, 0.5) is 0 Å². The summed E-state index contributed by atoms with van der Waals surface area (Å²) < 4.78 is 6.02. The Balaban J connectivity index is 2.08. The first kappa shape index (κ1) is 12.4. The fraction of sp³-hybridized carbons (Fsp3) is 0.143. The Hall–Kier alpha value is -2.60. The van der Waals surface area contributed by atoms with Crippen molar-refractivity contribution in [3.8, 4) is 0 Å². The maximum atomic E-state index is 12.3. The minimum absolute atomic E-state index is 0.160. The third-order valence-electron chi connectivity index (χ3n) is 3.12. The monoisotopic (exact) mass is 272 g/mol. The minimum atomic E-state index is -1.05. The van der Waals surface area contributed by atoms with Crippen LogP contribution in [0.2, 0.25) is 0 Å². The number of nitrogens with one attached hydrogen (secondary N) is 1. The highest BCUT2D eigenvalue weighted by molar-refractivity contribution is 5.76. The average Bonchev–Trinajstić information content (AvgIpc) is 2.97. The molecule has 0 fully saturated rings. The summed E-state index contributed by atoms with van der Waals surface area (Å²) in [6.45, 7) is -0.160. The molecule has 0 radical (unpaired) electrons. The lowest BCUT2D eigenvalue weighted by molar-refractivity contribution is 0.128. The lowest BCUT2D eigenvalue weighted by atomic mass is 10.2. The first-order valence-corrected chi connectivity index (χ1v) is 6.10. The van der Waals surface area contributed by atoms with Crippen LogP contribution in [0.15, 0.2) is 56.7 Å². The number of hydrogen-bond acceptors (Lipinski definition) is 4. The van der Waals surface area contributed by atoms with Crippen LogP contribution in [0, 0.1) is 0 Å². The first-order chi connectivity index (χ1) is 9.66. The molecule has 2 heterocycles. The molecule has 20 heavy (non-hydrogen) atoms. The summed E-state index contributed by atoms with van der Waals surface area (Å²) in [5.74, 6) is 0.310. The Morgan fingerprint density at radius 1 is 1.20 bits per heavy atom. The van der Waals surface area contributed by atoms with Gasteiger partial charge in [-0.3, -0.25) is 9.36 Å². The Kier molecular flexibility index (Phi) is 3.00. The summed E-state index contributed by atoms with van der Waals surface area (Å²) in [5, 5.41) is 10.4. The molecule has 0 spiro atoms. The van der Waals surface area contributed by atoms with E-state index >= 15 is 0 Å². The van der Waals surface area contributed by atoms with E-state index in [0.717, 1.165) is 4.57 Å². The Bertz CT molecular complexity index is 845. The molecule has 0 aliphatic heterocycles. The van der Waals surface area contributed by atoms with E-state index in [1.54, 1.807) is 36.4 Å². The van der Waals surface area contributed by atoms with Gasteiger partial charge < -0.3 is 14.5 Å². The molecule has 0 aliphatic carbocycles. The standard InChI is InChI=1S/C14H12N2O4/c17-11(12-6-3-7-20-12)8-16-13(18)9-4-1-2-5-10(9)15-14(16)19/h1-7,11,17H,8H2,(H,15,19). The van der Waals surface area contributed by atoms with Gasteiger partial charge in [-0.05, 0) is 24.3 Å². The number of aliphatic hydroxyl groups excluding tert-OH is 1. The number of rotatable bonds is 3. The van der Waals surface area contributed by atoms with Crippen LogP contribution in [-0.2, 0) is 6.54 Å². The smallest absolute Gasteiger partial charge is 0.328 e. The van der Waals surface area contributed by atoms with Crippen LogP contribution in [-0.4, -0.2) is 14.7 Å². The highest BCUT2D eigenvalue weighted by Gasteiger charge is 2.15. The third-order valence-corrected chi connectivity index (χ3v) is 3.12. The number of para-hydroxylation sites is 1. The minimum Gasteiger partial charge on any atom is -0.467 e. The topological polar surface area (TPSA) is 88.2 Å². The van der Waals surface area contributed by atoms with Gasteiger partial charge in [-0.1, -0.05) is 12.1 Å². The van der Waals surface area contributed by atoms with Crippen molar-refractivity contribution in [2.45, 2.75) is 12.6 Å². The number of aromatic nitrogens is 2. The number of nitrogens with zero attached hydrogens (tertiary/aromatic N) is 1. The molecule has 1 aromatic carbocycles. The first-order valence-electron chi connectivity index (χ1n) is 6.10. The van der Waals surface area contributed by atoms with Gasteiger partial charge in [0, 0.05) is 0 Å². The molecule has 0 aliphatic rings. The Morgan fingerprint density at radius 3 is 2.75 bits per heavy atom. The molecule has 6 nitrogen and oxygen atoms in total. The Labute approximate surface area is 112 Å². The molecule has 102 valence electrons. The summed E-state index contributed by atoms with van der Waals surface area (Å²) in [6.07, 6.45) is 0.372. The summed E-state index contributed by atoms with van der Waals surface area (Å²) in [4.78, 5) is 26.8. The van der Waals surface area contributed by atoms with E-state index in [1.807, 2.05) is 0 Å². The SMILES string of the molecule is O=c1[nH]c2ccccc2c(=O)n1CC(O)c1ccco1. The van der Waals surface area contributed by atoms with Gasteiger partial charge in [-0.25, -0.2) is 4.79 Å². The van der Waals surface area contributed by atoms with Gasteiger partial charge in [0.15, 0.2) is 0 Å². The van der Waals surface area contributed by atoms with Gasteiger partial charge in [0.05, 0.1) is 23.7 Å². The summed E-state index contributed by atoms with van der Waals surface area (Å²) >= 11 is 0. The quantitative estimate of drug-likeness (QED) is 0.745. The maximum absolute atomic E-state index is 12.3. The van der Waals surface area contributed by atoms with Crippen LogP contribution in [0.1, 0.15) is 11.9 Å². The molecular weight excluding hydrogens is 260 g/mol. The molecule has 0 bridgehead atoms. The van der Waals surface area contributed by atoms with Gasteiger partial charge in [-0.2, -0.15) is 0 Å². The molecule has 1 atom stereocenters. The van der Waals surface area contributed by atoms with Gasteiger partial charge in [0.1, 0.15) is 11.9 Å². The average molecular weight is 272 g/mol. The van der Waals surface area contributed by atoms with E-state index in [9.17, 15) is 14.7 Å². The van der Waals surface area contributed by atoms with Gasteiger partial charge >= 0.3 is 5.69 Å². The molecule has 2 N–H and O–H groups in total. The highest BCUT2D eigenvalue weighted by Crippen LogP contribution is 2.14. The van der Waals surface area contributed by atoms with E-state index < -0.39 is 17.4 Å². The van der Waals surface area contributed by atoms with Crippen LogP contribution >= 0.6 is 0 Å². The summed E-state index contributed by atoms with van der Waals surface area (Å²) in [5.41, 5.74) is -0.513. The van der Waals surface area contributed by atoms with E-state index in [2.05, 4.69) is 4.98 Å². The highest BCUT2D eigenvalue weighted by atomic mass is 16.4. The second-order valence-corrected chi connectivity index (χ2v) is 4.42. The molecule has 6 heteroatoms. The fourth-order valence-corrected chi connectivity index (χ4v) is 2.11. The zero-order chi connectivity index (χ0) is 14.1. The molecular formula is C14H12N2O4. The van der Waals surface area contributed by atoms with Gasteiger partial charge in [0.2, 0.25) is 0 Å². The Morgan fingerprint density at radius 2 is 2.00 bits per heavy atom. The normalized spacial score (nSPS) is 12.7. The van der Waals surface area contributed by atoms with Crippen molar-refractivity contribution in [1.82, 2.24) is 9.55 Å². The van der Waals surface area contributed by atoms with Gasteiger partial charge in [0.25, 0.3) is 5.56 Å². The number of furan rings is 1. The number of benzene rings is 1. The molecule has 0 saturated heterocycles. The van der Waals surface area contributed by atoms with E-state index in [0.29, 0.717) is 16.7 Å². The van der Waals surface area contributed by atoms with Gasteiger partial charge in [-0.15, -0.1) is 0 Å². The number of fused-ring (bicyclic) bond motifs is 1. The largest absolute Gasteiger partial charge is 0.467 e. The van der Waals surface area contributed by atoms with Crippen LogP contribution < -0.4 is 11.2 Å². The fourth-order valence-electron chi connectivity index (χ4n) is 2.11. The zero-order valence-electron chi connectivity index (χ0n) is 10.4. The molecule has 0 saturated carbocycles. The van der Waals surface area contributed by atoms with Crippen molar-refractivity contribution in [2.24, 2.45) is 0 Å². The molecule has 2 aromatic heterocycles. The van der Waals surface area contributed by atoms with Crippen molar-refractivity contribution in [2.75, 3.05) is 0 Å². The van der Waals surface area contributed by atoms with Crippen LogP contribution in [0.5, 0.6) is 0 Å². The van der Waals surface area contributed by atoms with Crippen LogP contribution in [0.3, 0.4) is 0 Å². The second-order valence-electron chi connectivity index (χ2n) is 4.42. The number of H-pyrrole nitrogens is 1. The lowest BCUT2D eigenvalue weighted by Gasteiger charge is -2.10. The summed E-state index contributed by atoms with van der Waals surface area (Å²) in [6, 6.07) is 9.96. The number of hydrogen-bond donors (Lipinski definition) is 2. The van der Waals surface area contributed by atoms with Crippen LogP contribution in [0.25, 0.3) is 10.9 Å². The lowest BCUT2D eigenvalue weighted by Crippen LogP contribution is -2.36. The van der Waals surface area contributed by atoms with Crippen molar-refractivity contribution in [1.29, 1.82) is 0 Å². The predicted octanol–water partition coefficient (Wildman–Crippen LogP) is 1.02.